The van der Waals surface area contributed by atoms with Gasteiger partial charge in [-0.05, 0) is 43.6 Å². The van der Waals surface area contributed by atoms with Crippen molar-refractivity contribution >= 4 is 11.8 Å². The van der Waals surface area contributed by atoms with Crippen molar-refractivity contribution in [3.8, 4) is 0 Å². The highest BCUT2D eigenvalue weighted by atomic mass is 32.2. The molecule has 0 amide bonds. The van der Waals surface area contributed by atoms with Gasteiger partial charge in [0, 0.05) is 12.1 Å². The molecule has 2 heteroatoms. The zero-order chi connectivity index (χ0) is 9.68. The highest BCUT2D eigenvalue weighted by Crippen LogP contribution is 2.26. The molecular weight excluding hydrogens is 178 g/mol. The SMILES string of the molecule is CCSCCC(C)NC1CC(C)C1. The molecule has 0 spiro atoms. The second-order valence-corrected chi connectivity index (χ2v) is 5.72. The van der Waals surface area contributed by atoms with Gasteiger partial charge in [0.1, 0.15) is 0 Å². The van der Waals surface area contributed by atoms with E-state index in [0.29, 0.717) is 0 Å². The van der Waals surface area contributed by atoms with Crippen LogP contribution in [0.4, 0.5) is 0 Å². The van der Waals surface area contributed by atoms with Crippen molar-refractivity contribution in [2.24, 2.45) is 5.92 Å². The first-order valence-electron chi connectivity index (χ1n) is 5.56. The molecular formula is C11H23NS. The Labute approximate surface area is 87.1 Å². The molecule has 1 aliphatic rings. The average Bonchev–Trinajstić information content (AvgIpc) is 2.02. The van der Waals surface area contributed by atoms with Crippen LogP contribution >= 0.6 is 11.8 Å². The van der Waals surface area contributed by atoms with E-state index in [-0.39, 0.29) is 0 Å². The molecule has 1 rings (SSSR count). The van der Waals surface area contributed by atoms with Crippen molar-refractivity contribution in [1.29, 1.82) is 0 Å². The highest BCUT2D eigenvalue weighted by Gasteiger charge is 2.25. The Hall–Kier alpha value is 0.310. The average molecular weight is 201 g/mol. The first kappa shape index (κ1) is 11.4. The van der Waals surface area contributed by atoms with Gasteiger partial charge in [-0.1, -0.05) is 13.8 Å². The van der Waals surface area contributed by atoms with Crippen molar-refractivity contribution in [2.45, 2.75) is 52.1 Å². The zero-order valence-electron chi connectivity index (χ0n) is 9.18. The summed E-state index contributed by atoms with van der Waals surface area (Å²) in [5.74, 6) is 3.54. The molecule has 1 saturated carbocycles. The van der Waals surface area contributed by atoms with Gasteiger partial charge in [0.25, 0.3) is 0 Å². The normalized spacial score (nSPS) is 29.8. The standard InChI is InChI=1S/C11H23NS/c1-4-13-6-5-10(3)12-11-7-9(2)8-11/h9-12H,4-8H2,1-3H3. The van der Waals surface area contributed by atoms with E-state index >= 15 is 0 Å². The lowest BCUT2D eigenvalue weighted by molar-refractivity contribution is 0.224. The molecule has 1 atom stereocenters. The summed E-state index contributed by atoms with van der Waals surface area (Å²) in [5, 5.41) is 3.69. The van der Waals surface area contributed by atoms with E-state index in [9.17, 15) is 0 Å². The minimum atomic E-state index is 0.719. The number of rotatable bonds is 6. The second kappa shape index (κ2) is 5.92. The minimum Gasteiger partial charge on any atom is -0.311 e. The third kappa shape index (κ3) is 4.37. The summed E-state index contributed by atoms with van der Waals surface area (Å²) < 4.78 is 0. The third-order valence-corrected chi connectivity index (χ3v) is 3.73. The lowest BCUT2D eigenvalue weighted by Crippen LogP contribution is -2.44. The van der Waals surface area contributed by atoms with Crippen LogP contribution in [0.5, 0.6) is 0 Å². The maximum absolute atomic E-state index is 3.69. The minimum absolute atomic E-state index is 0.719. The molecule has 0 aromatic heterocycles. The number of hydrogen-bond acceptors (Lipinski definition) is 2. The Kier molecular flexibility index (Phi) is 5.18. The number of nitrogens with one attached hydrogen (secondary N) is 1. The fourth-order valence-electron chi connectivity index (χ4n) is 1.93. The summed E-state index contributed by atoms with van der Waals surface area (Å²) >= 11 is 2.05. The highest BCUT2D eigenvalue weighted by molar-refractivity contribution is 7.99. The van der Waals surface area contributed by atoms with Gasteiger partial charge in [0.2, 0.25) is 0 Å². The van der Waals surface area contributed by atoms with E-state index in [1.807, 2.05) is 11.8 Å². The van der Waals surface area contributed by atoms with Gasteiger partial charge >= 0.3 is 0 Å². The molecule has 1 fully saturated rings. The van der Waals surface area contributed by atoms with Gasteiger partial charge in [-0.2, -0.15) is 11.8 Å². The van der Waals surface area contributed by atoms with Crippen LogP contribution in [0.25, 0.3) is 0 Å². The quantitative estimate of drug-likeness (QED) is 0.663. The predicted octanol–water partition coefficient (Wildman–Crippen LogP) is 2.91. The maximum atomic E-state index is 3.69. The molecule has 0 aliphatic heterocycles. The van der Waals surface area contributed by atoms with Crippen LogP contribution in [0.15, 0.2) is 0 Å². The lowest BCUT2D eigenvalue weighted by Gasteiger charge is -2.35. The zero-order valence-corrected chi connectivity index (χ0v) is 9.99. The van der Waals surface area contributed by atoms with Crippen molar-refractivity contribution < 1.29 is 0 Å². The molecule has 78 valence electrons. The Morgan fingerprint density at radius 3 is 2.69 bits per heavy atom. The van der Waals surface area contributed by atoms with Gasteiger partial charge in [-0.15, -0.1) is 0 Å². The van der Waals surface area contributed by atoms with Gasteiger partial charge < -0.3 is 5.32 Å². The fourth-order valence-corrected chi connectivity index (χ4v) is 2.74. The van der Waals surface area contributed by atoms with E-state index in [2.05, 4.69) is 26.1 Å². The van der Waals surface area contributed by atoms with E-state index in [1.54, 1.807) is 0 Å². The smallest absolute Gasteiger partial charge is 0.00746 e. The molecule has 0 radical (unpaired) electrons. The van der Waals surface area contributed by atoms with Gasteiger partial charge in [-0.3, -0.25) is 0 Å². The van der Waals surface area contributed by atoms with Crippen molar-refractivity contribution in [3.63, 3.8) is 0 Å². The predicted molar refractivity (Wildman–Crippen MR) is 62.4 cm³/mol. The van der Waals surface area contributed by atoms with Crippen LogP contribution in [0.1, 0.15) is 40.0 Å². The Balaban J connectivity index is 1.95. The Morgan fingerprint density at radius 1 is 1.46 bits per heavy atom. The molecule has 1 aliphatic carbocycles. The molecule has 1 N–H and O–H groups in total. The molecule has 13 heavy (non-hydrogen) atoms. The Bertz CT molecular complexity index is 132. The summed E-state index contributed by atoms with van der Waals surface area (Å²) in [6.07, 6.45) is 4.11. The second-order valence-electron chi connectivity index (χ2n) is 4.33. The molecule has 1 nitrogen and oxygen atoms in total. The lowest BCUT2D eigenvalue weighted by atomic mass is 9.81. The first-order chi connectivity index (χ1) is 6.22. The van der Waals surface area contributed by atoms with Crippen LogP contribution in [0.3, 0.4) is 0 Å². The summed E-state index contributed by atoms with van der Waals surface area (Å²) in [6.45, 7) is 6.89. The maximum Gasteiger partial charge on any atom is 0.00746 e. The van der Waals surface area contributed by atoms with Crippen molar-refractivity contribution in [2.75, 3.05) is 11.5 Å². The topological polar surface area (TPSA) is 12.0 Å². The van der Waals surface area contributed by atoms with Crippen LogP contribution in [-0.2, 0) is 0 Å². The summed E-state index contributed by atoms with van der Waals surface area (Å²) in [6, 6.07) is 1.55. The van der Waals surface area contributed by atoms with Gasteiger partial charge in [-0.25, -0.2) is 0 Å². The van der Waals surface area contributed by atoms with E-state index in [4.69, 9.17) is 0 Å². The molecule has 0 heterocycles. The van der Waals surface area contributed by atoms with E-state index in [0.717, 1.165) is 18.0 Å². The van der Waals surface area contributed by atoms with Crippen molar-refractivity contribution in [1.82, 2.24) is 5.32 Å². The summed E-state index contributed by atoms with van der Waals surface area (Å²) in [4.78, 5) is 0. The first-order valence-corrected chi connectivity index (χ1v) is 6.71. The molecule has 1 unspecified atom stereocenters. The Morgan fingerprint density at radius 2 is 2.15 bits per heavy atom. The largest absolute Gasteiger partial charge is 0.311 e. The van der Waals surface area contributed by atoms with Gasteiger partial charge in [0.05, 0.1) is 0 Å². The molecule has 0 aromatic rings. The monoisotopic (exact) mass is 201 g/mol. The third-order valence-electron chi connectivity index (χ3n) is 2.79. The summed E-state index contributed by atoms with van der Waals surface area (Å²) in [7, 11) is 0. The van der Waals surface area contributed by atoms with Crippen LogP contribution in [0.2, 0.25) is 0 Å². The molecule has 0 aromatic carbocycles. The van der Waals surface area contributed by atoms with E-state index < -0.39 is 0 Å². The van der Waals surface area contributed by atoms with Crippen LogP contribution in [0, 0.1) is 5.92 Å². The number of thioether (sulfide) groups is 1. The molecule has 0 bridgehead atoms. The molecule has 0 saturated heterocycles. The van der Waals surface area contributed by atoms with Crippen LogP contribution < -0.4 is 5.32 Å². The van der Waals surface area contributed by atoms with E-state index in [1.165, 1.54) is 30.8 Å². The summed E-state index contributed by atoms with van der Waals surface area (Å²) in [5.41, 5.74) is 0. The number of hydrogen-bond donors (Lipinski definition) is 1. The van der Waals surface area contributed by atoms with Crippen LogP contribution in [-0.4, -0.2) is 23.6 Å². The van der Waals surface area contributed by atoms with Gasteiger partial charge in [0.15, 0.2) is 0 Å². The van der Waals surface area contributed by atoms with Crippen molar-refractivity contribution in [3.05, 3.63) is 0 Å². The fraction of sp³-hybridized carbons (Fsp3) is 1.00.